The van der Waals surface area contributed by atoms with Crippen LogP contribution in [0.3, 0.4) is 0 Å². The van der Waals surface area contributed by atoms with Crippen molar-refractivity contribution in [2.75, 3.05) is 13.2 Å². The highest BCUT2D eigenvalue weighted by Crippen LogP contribution is 2.32. The molecule has 0 saturated carbocycles. The minimum atomic E-state index is -0.707. The maximum Gasteiger partial charge on any atom is 0.161 e. The van der Waals surface area contributed by atoms with E-state index in [4.69, 9.17) is 9.47 Å². The first-order valence-corrected chi connectivity index (χ1v) is 7.15. The van der Waals surface area contributed by atoms with Crippen LogP contribution in [0.4, 0.5) is 0 Å². The van der Waals surface area contributed by atoms with Crippen molar-refractivity contribution in [3.05, 3.63) is 53.3 Å². The molecule has 1 aromatic carbocycles. The average Bonchev–Trinajstić information content (AvgIpc) is 2.49. The molecule has 1 N–H and O–H groups in total. The van der Waals surface area contributed by atoms with Crippen molar-refractivity contribution in [1.29, 1.82) is 0 Å². The van der Waals surface area contributed by atoms with Crippen LogP contribution in [0.2, 0.25) is 0 Å². The second-order valence-electron chi connectivity index (χ2n) is 4.71. The molecule has 1 unspecified atom stereocenters. The largest absolute Gasteiger partial charge is 0.490 e. The van der Waals surface area contributed by atoms with Gasteiger partial charge in [0.15, 0.2) is 11.5 Å². The van der Waals surface area contributed by atoms with E-state index in [0.717, 1.165) is 16.8 Å². The van der Waals surface area contributed by atoms with Crippen LogP contribution < -0.4 is 9.47 Å². The fraction of sp³-hybridized carbons (Fsp3) is 0.353. The maximum absolute atomic E-state index is 10.5. The summed E-state index contributed by atoms with van der Waals surface area (Å²) in [4.78, 5) is 4.15. The van der Waals surface area contributed by atoms with Crippen LogP contribution in [0, 0.1) is 6.92 Å². The van der Waals surface area contributed by atoms with Gasteiger partial charge < -0.3 is 14.6 Å². The van der Waals surface area contributed by atoms with Crippen molar-refractivity contribution in [3.63, 3.8) is 0 Å². The average molecular weight is 287 g/mol. The van der Waals surface area contributed by atoms with E-state index < -0.39 is 6.10 Å². The molecule has 0 bridgehead atoms. The molecule has 0 saturated heterocycles. The van der Waals surface area contributed by atoms with E-state index in [9.17, 15) is 5.11 Å². The Kier molecular flexibility index (Phi) is 5.17. The number of ether oxygens (including phenoxy) is 2. The molecule has 0 aliphatic carbocycles. The molecule has 21 heavy (non-hydrogen) atoms. The number of aliphatic hydroxyl groups excluding tert-OH is 1. The number of aromatic nitrogens is 1. The fourth-order valence-corrected chi connectivity index (χ4v) is 2.17. The number of aryl methyl sites for hydroxylation is 1. The van der Waals surface area contributed by atoms with E-state index in [1.54, 1.807) is 6.20 Å². The second-order valence-corrected chi connectivity index (χ2v) is 4.71. The van der Waals surface area contributed by atoms with Gasteiger partial charge in [0.25, 0.3) is 0 Å². The zero-order valence-corrected chi connectivity index (χ0v) is 12.7. The number of aliphatic hydroxyl groups is 1. The van der Waals surface area contributed by atoms with Gasteiger partial charge in [-0.25, -0.2) is 0 Å². The summed E-state index contributed by atoms with van der Waals surface area (Å²) < 4.78 is 11.1. The Morgan fingerprint density at radius 1 is 1.00 bits per heavy atom. The zero-order chi connectivity index (χ0) is 15.2. The van der Waals surface area contributed by atoms with Crippen molar-refractivity contribution >= 4 is 0 Å². The molecule has 0 aliphatic rings. The predicted molar refractivity (Wildman–Crippen MR) is 81.8 cm³/mol. The van der Waals surface area contributed by atoms with Crippen LogP contribution in [0.5, 0.6) is 11.5 Å². The Labute approximate surface area is 125 Å². The number of rotatable bonds is 6. The number of benzene rings is 1. The lowest BCUT2D eigenvalue weighted by Crippen LogP contribution is -2.03. The molecular weight excluding hydrogens is 266 g/mol. The molecule has 1 heterocycles. The summed E-state index contributed by atoms with van der Waals surface area (Å²) in [5.74, 6) is 1.35. The zero-order valence-electron chi connectivity index (χ0n) is 12.7. The minimum absolute atomic E-state index is 0.550. The van der Waals surface area contributed by atoms with Gasteiger partial charge in [-0.05, 0) is 56.2 Å². The van der Waals surface area contributed by atoms with Gasteiger partial charge in [-0.3, -0.25) is 4.98 Å². The second kappa shape index (κ2) is 7.09. The molecule has 2 rings (SSSR count). The molecule has 0 fully saturated rings. The summed E-state index contributed by atoms with van der Waals surface area (Å²) in [6.07, 6.45) is 0.993. The Balaban J connectivity index is 2.32. The number of hydrogen-bond acceptors (Lipinski definition) is 4. The molecular formula is C17H21NO3. The molecule has 1 aromatic heterocycles. The highest BCUT2D eigenvalue weighted by Gasteiger charge is 2.14. The predicted octanol–water partition coefficient (Wildman–Crippen LogP) is 3.27. The summed E-state index contributed by atoms with van der Waals surface area (Å²) in [5.41, 5.74) is 2.46. The standard InChI is InChI=1S/C17H21NO3/c1-4-20-15-7-6-13(11-16(15)21-5-2)17(19)14-8-9-18-12(3)10-14/h6-11,17,19H,4-5H2,1-3H3. The third-order valence-corrected chi connectivity index (χ3v) is 3.12. The Hall–Kier alpha value is -2.07. The van der Waals surface area contributed by atoms with Crippen LogP contribution in [0.25, 0.3) is 0 Å². The van der Waals surface area contributed by atoms with E-state index in [0.29, 0.717) is 24.7 Å². The van der Waals surface area contributed by atoms with Gasteiger partial charge in [0.2, 0.25) is 0 Å². The SMILES string of the molecule is CCOc1ccc(C(O)c2ccnc(C)c2)cc1OCC. The van der Waals surface area contributed by atoms with Crippen molar-refractivity contribution in [1.82, 2.24) is 4.98 Å². The van der Waals surface area contributed by atoms with Crippen LogP contribution in [-0.4, -0.2) is 23.3 Å². The van der Waals surface area contributed by atoms with Gasteiger partial charge in [-0.1, -0.05) is 6.07 Å². The van der Waals surface area contributed by atoms with Crippen molar-refractivity contribution in [3.8, 4) is 11.5 Å². The molecule has 0 radical (unpaired) electrons. The summed E-state index contributed by atoms with van der Waals surface area (Å²) in [7, 11) is 0. The Bertz CT molecular complexity index is 598. The lowest BCUT2D eigenvalue weighted by atomic mass is 10.0. The van der Waals surface area contributed by atoms with E-state index in [2.05, 4.69) is 4.98 Å². The summed E-state index contributed by atoms with van der Waals surface area (Å²) in [6, 6.07) is 9.21. The first-order chi connectivity index (χ1) is 10.2. The first-order valence-electron chi connectivity index (χ1n) is 7.15. The molecule has 1 atom stereocenters. The van der Waals surface area contributed by atoms with Crippen LogP contribution in [0.1, 0.15) is 36.8 Å². The third kappa shape index (κ3) is 3.73. The molecule has 0 spiro atoms. The van der Waals surface area contributed by atoms with Crippen LogP contribution in [0.15, 0.2) is 36.5 Å². The van der Waals surface area contributed by atoms with Gasteiger partial charge in [0.1, 0.15) is 6.10 Å². The monoisotopic (exact) mass is 287 g/mol. The summed E-state index contributed by atoms with van der Waals surface area (Å²) >= 11 is 0. The molecule has 4 nitrogen and oxygen atoms in total. The Morgan fingerprint density at radius 2 is 1.67 bits per heavy atom. The first kappa shape index (κ1) is 15.3. The topological polar surface area (TPSA) is 51.6 Å². The Morgan fingerprint density at radius 3 is 2.33 bits per heavy atom. The van der Waals surface area contributed by atoms with Crippen LogP contribution in [-0.2, 0) is 0 Å². The number of hydrogen-bond donors (Lipinski definition) is 1. The fourth-order valence-electron chi connectivity index (χ4n) is 2.17. The normalized spacial score (nSPS) is 12.0. The quantitative estimate of drug-likeness (QED) is 0.886. The van der Waals surface area contributed by atoms with Crippen LogP contribution >= 0.6 is 0 Å². The highest BCUT2D eigenvalue weighted by atomic mass is 16.5. The van der Waals surface area contributed by atoms with Gasteiger partial charge in [0, 0.05) is 11.9 Å². The van der Waals surface area contributed by atoms with E-state index in [-0.39, 0.29) is 0 Å². The van der Waals surface area contributed by atoms with Gasteiger partial charge in [-0.2, -0.15) is 0 Å². The molecule has 4 heteroatoms. The summed E-state index contributed by atoms with van der Waals surface area (Å²) in [5, 5.41) is 10.5. The number of nitrogens with zero attached hydrogens (tertiary/aromatic N) is 1. The van der Waals surface area contributed by atoms with E-state index >= 15 is 0 Å². The lowest BCUT2D eigenvalue weighted by molar-refractivity contribution is 0.218. The molecule has 112 valence electrons. The van der Waals surface area contributed by atoms with Gasteiger partial charge >= 0.3 is 0 Å². The van der Waals surface area contributed by atoms with Crippen molar-refractivity contribution in [2.24, 2.45) is 0 Å². The highest BCUT2D eigenvalue weighted by molar-refractivity contribution is 5.45. The van der Waals surface area contributed by atoms with Gasteiger partial charge in [0.05, 0.1) is 13.2 Å². The molecule has 2 aromatic rings. The maximum atomic E-state index is 10.5. The van der Waals surface area contributed by atoms with Crippen molar-refractivity contribution in [2.45, 2.75) is 26.9 Å². The molecule has 0 amide bonds. The molecule has 0 aliphatic heterocycles. The van der Waals surface area contributed by atoms with E-state index in [1.807, 2.05) is 51.1 Å². The van der Waals surface area contributed by atoms with E-state index in [1.165, 1.54) is 0 Å². The third-order valence-electron chi connectivity index (χ3n) is 3.12. The lowest BCUT2D eigenvalue weighted by Gasteiger charge is -2.16. The minimum Gasteiger partial charge on any atom is -0.490 e. The smallest absolute Gasteiger partial charge is 0.161 e. The number of pyridine rings is 1. The van der Waals surface area contributed by atoms with Gasteiger partial charge in [-0.15, -0.1) is 0 Å². The van der Waals surface area contributed by atoms with Crippen molar-refractivity contribution < 1.29 is 14.6 Å². The summed E-state index contributed by atoms with van der Waals surface area (Å²) in [6.45, 7) is 6.88.